The molecule has 0 aliphatic carbocycles. The number of anilines is 3. The predicted octanol–water partition coefficient (Wildman–Crippen LogP) is 11.1. The van der Waals surface area contributed by atoms with E-state index in [1.165, 1.54) is 31.8 Å². The number of nitrogens with zero attached hydrogens (tertiary/aromatic N) is 4. The zero-order chi connectivity index (χ0) is 29.7. The van der Waals surface area contributed by atoms with Gasteiger partial charge < -0.3 is 4.90 Å². The first-order valence-electron chi connectivity index (χ1n) is 15.0. The fourth-order valence-electron chi connectivity index (χ4n) is 6.46. The number of hydrogen-bond acceptors (Lipinski definition) is 4. The lowest BCUT2D eigenvalue weighted by molar-refractivity contribution is 1.09. The summed E-state index contributed by atoms with van der Waals surface area (Å²) in [7, 11) is 0. The number of imidazole rings is 1. The summed E-state index contributed by atoms with van der Waals surface area (Å²) in [5.74, 6) is 0. The molecule has 5 heteroatoms. The van der Waals surface area contributed by atoms with Crippen LogP contribution in [0.5, 0.6) is 0 Å². The molecule has 0 spiro atoms. The molecule has 0 bridgehead atoms. The molecule has 3 heterocycles. The van der Waals surface area contributed by atoms with Gasteiger partial charge in [-0.05, 0) is 83.2 Å². The zero-order valence-corrected chi connectivity index (χ0v) is 25.0. The van der Waals surface area contributed by atoms with Gasteiger partial charge in [-0.2, -0.15) is 0 Å². The summed E-state index contributed by atoms with van der Waals surface area (Å²) >= 11 is 1.75. The molecule has 3 aromatic heterocycles. The van der Waals surface area contributed by atoms with Crippen LogP contribution in [0.3, 0.4) is 0 Å². The van der Waals surface area contributed by atoms with E-state index in [4.69, 9.17) is 9.97 Å². The lowest BCUT2D eigenvalue weighted by Gasteiger charge is -2.25. The summed E-state index contributed by atoms with van der Waals surface area (Å²) in [6, 6.07) is 51.5. The van der Waals surface area contributed by atoms with Crippen molar-refractivity contribution >= 4 is 70.5 Å². The first kappa shape index (κ1) is 25.7. The van der Waals surface area contributed by atoms with Crippen LogP contribution in [-0.4, -0.2) is 14.5 Å². The average molecular weight is 595 g/mol. The van der Waals surface area contributed by atoms with Gasteiger partial charge in [0.25, 0.3) is 0 Å². The van der Waals surface area contributed by atoms with Crippen molar-refractivity contribution in [3.05, 3.63) is 158 Å². The number of fused-ring (bicyclic) bond motifs is 7. The Morgan fingerprint density at radius 3 is 1.91 bits per heavy atom. The molecule has 6 aromatic carbocycles. The van der Waals surface area contributed by atoms with Crippen LogP contribution in [0.2, 0.25) is 0 Å². The second kappa shape index (κ2) is 10.4. The minimum atomic E-state index is 1.01. The summed E-state index contributed by atoms with van der Waals surface area (Å²) < 4.78 is 3.42. The van der Waals surface area contributed by atoms with Crippen molar-refractivity contribution in [3.8, 4) is 16.8 Å². The van der Waals surface area contributed by atoms with Crippen molar-refractivity contribution in [1.82, 2.24) is 14.5 Å². The Kier molecular flexibility index (Phi) is 5.96. The van der Waals surface area contributed by atoms with E-state index in [0.717, 1.165) is 44.2 Å². The minimum absolute atomic E-state index is 1.01. The quantitative estimate of drug-likeness (QED) is 0.199. The van der Waals surface area contributed by atoms with Crippen molar-refractivity contribution in [2.45, 2.75) is 0 Å². The molecule has 0 aliphatic rings. The maximum absolute atomic E-state index is 5.03. The smallest absolute Gasteiger partial charge is 0.124 e. The summed E-state index contributed by atoms with van der Waals surface area (Å²) in [6.45, 7) is 0. The molecule has 0 saturated heterocycles. The molecule has 0 radical (unpaired) electrons. The molecular weight excluding hydrogens is 569 g/mol. The number of thiophene rings is 1. The Bertz CT molecular complexity index is 2430. The number of rotatable bonds is 5. The number of para-hydroxylation sites is 3. The Balaban J connectivity index is 1.28. The largest absolute Gasteiger partial charge is 0.311 e. The van der Waals surface area contributed by atoms with Gasteiger partial charge in [0.15, 0.2) is 0 Å². The fourth-order valence-corrected chi connectivity index (χ4v) is 7.65. The van der Waals surface area contributed by atoms with Crippen LogP contribution < -0.4 is 4.90 Å². The lowest BCUT2D eigenvalue weighted by Crippen LogP contribution is -2.09. The Morgan fingerprint density at radius 1 is 0.556 bits per heavy atom. The highest BCUT2D eigenvalue weighted by molar-refractivity contribution is 7.26. The first-order valence-corrected chi connectivity index (χ1v) is 15.8. The molecule has 45 heavy (non-hydrogen) atoms. The average Bonchev–Trinajstić information content (AvgIpc) is 3.71. The number of hydrogen-bond donors (Lipinski definition) is 0. The SMILES string of the molecule is c1ccc(N(c2ccccc2)c2ccc(-c3cc4c(ncn4-c4ccccc4)c4c3ccc3c5cccnc5sc34)cc2)cc1. The van der Waals surface area contributed by atoms with Crippen LogP contribution in [0, 0.1) is 0 Å². The van der Waals surface area contributed by atoms with Crippen LogP contribution in [0.4, 0.5) is 17.1 Å². The molecular formula is C40H26N4S. The number of pyridine rings is 1. The molecule has 0 N–H and O–H groups in total. The van der Waals surface area contributed by atoms with Gasteiger partial charge in [-0.15, -0.1) is 11.3 Å². The minimum Gasteiger partial charge on any atom is -0.311 e. The van der Waals surface area contributed by atoms with Crippen LogP contribution in [0.15, 0.2) is 158 Å². The Hall–Kier alpha value is -5.78. The lowest BCUT2D eigenvalue weighted by atomic mass is 9.95. The molecule has 212 valence electrons. The van der Waals surface area contributed by atoms with Crippen molar-refractivity contribution in [2.24, 2.45) is 0 Å². The van der Waals surface area contributed by atoms with E-state index >= 15 is 0 Å². The van der Waals surface area contributed by atoms with Crippen LogP contribution in [0.1, 0.15) is 0 Å². The van der Waals surface area contributed by atoms with Crippen molar-refractivity contribution in [1.29, 1.82) is 0 Å². The van der Waals surface area contributed by atoms with Gasteiger partial charge in [-0.1, -0.05) is 78.9 Å². The van der Waals surface area contributed by atoms with Gasteiger partial charge >= 0.3 is 0 Å². The normalized spacial score (nSPS) is 11.6. The highest BCUT2D eigenvalue weighted by Gasteiger charge is 2.19. The predicted molar refractivity (Wildman–Crippen MR) is 189 cm³/mol. The maximum Gasteiger partial charge on any atom is 0.124 e. The van der Waals surface area contributed by atoms with Crippen molar-refractivity contribution in [3.63, 3.8) is 0 Å². The summed E-state index contributed by atoms with van der Waals surface area (Å²) in [4.78, 5) is 13.1. The van der Waals surface area contributed by atoms with Gasteiger partial charge in [-0.25, -0.2) is 9.97 Å². The third-order valence-corrected chi connectivity index (χ3v) is 9.68. The monoisotopic (exact) mass is 594 g/mol. The second-order valence-corrected chi connectivity index (χ2v) is 12.1. The van der Waals surface area contributed by atoms with Crippen molar-refractivity contribution < 1.29 is 0 Å². The van der Waals surface area contributed by atoms with Crippen LogP contribution in [-0.2, 0) is 0 Å². The molecule has 0 amide bonds. The zero-order valence-electron chi connectivity index (χ0n) is 24.2. The standard InChI is InChI=1S/C40H26N4S/c1-4-11-28(12-5-1)43-26-42-38-36(43)25-35(32-22-23-33-34-17-10-24-41-40(34)45-39(33)37(32)38)27-18-20-31(21-19-27)44(29-13-6-2-7-14-29)30-15-8-3-9-16-30/h1-26H. The first-order chi connectivity index (χ1) is 22.3. The third-order valence-electron chi connectivity index (χ3n) is 8.53. The fraction of sp³-hybridized carbons (Fsp3) is 0. The highest BCUT2D eigenvalue weighted by atomic mass is 32.1. The van der Waals surface area contributed by atoms with Gasteiger partial charge in [0.2, 0.25) is 0 Å². The molecule has 0 fully saturated rings. The van der Waals surface area contributed by atoms with Gasteiger partial charge in [0.05, 0.1) is 11.0 Å². The van der Waals surface area contributed by atoms with Gasteiger partial charge in [0, 0.05) is 49.8 Å². The summed E-state index contributed by atoms with van der Waals surface area (Å²) in [5.41, 5.74) is 8.87. The van der Waals surface area contributed by atoms with E-state index < -0.39 is 0 Å². The van der Waals surface area contributed by atoms with E-state index in [9.17, 15) is 0 Å². The Morgan fingerprint density at radius 2 is 1.20 bits per heavy atom. The van der Waals surface area contributed by atoms with E-state index in [2.05, 4.69) is 143 Å². The highest BCUT2D eigenvalue weighted by Crippen LogP contribution is 2.44. The maximum atomic E-state index is 5.03. The molecule has 0 saturated carbocycles. The van der Waals surface area contributed by atoms with Crippen LogP contribution in [0.25, 0.3) is 58.9 Å². The van der Waals surface area contributed by atoms with Crippen molar-refractivity contribution in [2.75, 3.05) is 4.90 Å². The topological polar surface area (TPSA) is 34.0 Å². The summed E-state index contributed by atoms with van der Waals surface area (Å²) in [6.07, 6.45) is 3.83. The van der Waals surface area contributed by atoms with Crippen LogP contribution >= 0.6 is 11.3 Å². The van der Waals surface area contributed by atoms with Gasteiger partial charge in [0.1, 0.15) is 11.2 Å². The van der Waals surface area contributed by atoms with E-state index in [-0.39, 0.29) is 0 Å². The van der Waals surface area contributed by atoms with E-state index in [1.54, 1.807) is 11.3 Å². The van der Waals surface area contributed by atoms with Gasteiger partial charge in [-0.3, -0.25) is 4.57 Å². The molecule has 4 nitrogen and oxygen atoms in total. The summed E-state index contributed by atoms with van der Waals surface area (Å²) in [5, 5.41) is 4.78. The molecule has 9 rings (SSSR count). The van der Waals surface area contributed by atoms with E-state index in [0.29, 0.717) is 0 Å². The van der Waals surface area contributed by atoms with E-state index in [1.807, 2.05) is 24.7 Å². The Labute approximate surface area is 264 Å². The molecule has 0 atom stereocenters. The second-order valence-electron chi connectivity index (χ2n) is 11.1. The number of benzene rings is 6. The number of aromatic nitrogens is 3. The molecule has 0 aliphatic heterocycles. The molecule has 9 aromatic rings. The molecule has 0 unspecified atom stereocenters. The third kappa shape index (κ3) is 4.20.